The van der Waals surface area contributed by atoms with Gasteiger partial charge in [0.1, 0.15) is 0 Å². The van der Waals surface area contributed by atoms with E-state index in [1.54, 1.807) is 14.0 Å². The molecule has 0 radical (unpaired) electrons. The molecule has 0 fully saturated rings. The Kier molecular flexibility index (Phi) is 7.15. The molecule has 1 atom stereocenters. The molecule has 0 saturated heterocycles. The number of rotatable bonds is 7. The second-order valence-electron chi connectivity index (χ2n) is 3.31. The van der Waals surface area contributed by atoms with E-state index in [0.717, 1.165) is 0 Å². The van der Waals surface area contributed by atoms with Gasteiger partial charge in [-0.1, -0.05) is 0 Å². The molecule has 0 aromatic carbocycles. The number of carbonyl (C=O) groups is 2. The first kappa shape index (κ1) is 14.2. The van der Waals surface area contributed by atoms with Crippen LogP contribution >= 0.6 is 11.8 Å². The molecule has 2 amide bonds. The van der Waals surface area contributed by atoms with Crippen molar-refractivity contribution in [2.75, 3.05) is 25.2 Å². The molecule has 0 aromatic rings. The molecule has 0 rings (SSSR count). The molecule has 15 heavy (non-hydrogen) atoms. The van der Waals surface area contributed by atoms with Gasteiger partial charge < -0.3 is 15.7 Å². The van der Waals surface area contributed by atoms with Gasteiger partial charge in [-0.3, -0.25) is 9.59 Å². The third-order valence-electron chi connectivity index (χ3n) is 2.02. The van der Waals surface area contributed by atoms with Gasteiger partial charge in [0.15, 0.2) is 0 Å². The Labute approximate surface area is 94.0 Å². The molecular formula is C9H18N2O3S. The molecule has 0 bridgehead atoms. The quantitative estimate of drug-likeness (QED) is 0.578. The highest BCUT2D eigenvalue weighted by atomic mass is 32.2. The van der Waals surface area contributed by atoms with Crippen molar-refractivity contribution in [1.29, 1.82) is 0 Å². The fourth-order valence-electron chi connectivity index (χ4n) is 0.877. The minimum atomic E-state index is -0.371. The number of aliphatic hydroxyl groups is 1. The maximum absolute atomic E-state index is 11.5. The van der Waals surface area contributed by atoms with Gasteiger partial charge in [-0.25, -0.2) is 0 Å². The summed E-state index contributed by atoms with van der Waals surface area (Å²) in [7, 11) is 1.65. The Bertz CT molecular complexity index is 223. The number of nitrogens with zero attached hydrogens (tertiary/aromatic N) is 1. The lowest BCUT2D eigenvalue weighted by molar-refractivity contribution is -0.132. The first-order valence-electron chi connectivity index (χ1n) is 4.71. The van der Waals surface area contributed by atoms with Crippen molar-refractivity contribution < 1.29 is 14.7 Å². The predicted octanol–water partition coefficient (Wildman–Crippen LogP) is -0.566. The summed E-state index contributed by atoms with van der Waals surface area (Å²) in [5, 5.41) is 8.84. The van der Waals surface area contributed by atoms with Crippen molar-refractivity contribution in [3.8, 4) is 0 Å². The molecule has 6 heteroatoms. The van der Waals surface area contributed by atoms with Gasteiger partial charge in [0.05, 0.1) is 18.4 Å². The predicted molar refractivity (Wildman–Crippen MR) is 60.5 cm³/mol. The van der Waals surface area contributed by atoms with Crippen LogP contribution < -0.4 is 5.73 Å². The highest BCUT2D eigenvalue weighted by Gasteiger charge is 2.14. The van der Waals surface area contributed by atoms with Crippen LogP contribution in [0.4, 0.5) is 0 Å². The lowest BCUT2D eigenvalue weighted by Crippen LogP contribution is -2.37. The van der Waals surface area contributed by atoms with E-state index in [-0.39, 0.29) is 30.2 Å². The molecule has 88 valence electrons. The van der Waals surface area contributed by atoms with Crippen molar-refractivity contribution >= 4 is 23.6 Å². The van der Waals surface area contributed by atoms with Gasteiger partial charge >= 0.3 is 0 Å². The normalized spacial score (nSPS) is 12.2. The smallest absolute Gasteiger partial charge is 0.227 e. The van der Waals surface area contributed by atoms with Crippen molar-refractivity contribution in [2.24, 2.45) is 5.73 Å². The third kappa shape index (κ3) is 6.35. The van der Waals surface area contributed by atoms with E-state index in [1.807, 2.05) is 0 Å². The minimum Gasteiger partial charge on any atom is -0.394 e. The number of hydrogen-bond donors (Lipinski definition) is 2. The zero-order valence-corrected chi connectivity index (χ0v) is 9.92. The zero-order valence-electron chi connectivity index (χ0n) is 9.10. The van der Waals surface area contributed by atoms with Crippen LogP contribution in [0.25, 0.3) is 0 Å². The average molecular weight is 234 g/mol. The zero-order chi connectivity index (χ0) is 11.8. The standard InChI is InChI=1S/C9H18N2O3S/c1-7(5-12)11(2)9(14)3-4-15-6-8(10)13/h7,12H,3-6H2,1-2H3,(H2,10,13). The maximum atomic E-state index is 11.5. The Morgan fingerprint density at radius 2 is 2.13 bits per heavy atom. The molecular weight excluding hydrogens is 216 g/mol. The minimum absolute atomic E-state index is 0.0338. The molecule has 5 nitrogen and oxygen atoms in total. The summed E-state index contributed by atoms with van der Waals surface area (Å²) in [6.45, 7) is 1.73. The Morgan fingerprint density at radius 1 is 1.53 bits per heavy atom. The van der Waals surface area contributed by atoms with E-state index < -0.39 is 0 Å². The lowest BCUT2D eigenvalue weighted by Gasteiger charge is -2.22. The van der Waals surface area contributed by atoms with Crippen LogP contribution in [-0.2, 0) is 9.59 Å². The van der Waals surface area contributed by atoms with Crippen LogP contribution in [0, 0.1) is 0 Å². The summed E-state index contributed by atoms with van der Waals surface area (Å²) < 4.78 is 0. The maximum Gasteiger partial charge on any atom is 0.227 e. The fraction of sp³-hybridized carbons (Fsp3) is 0.778. The molecule has 0 aliphatic heterocycles. The number of thioether (sulfide) groups is 1. The summed E-state index contributed by atoms with van der Waals surface area (Å²) in [5.41, 5.74) is 4.95. The number of likely N-dealkylation sites (N-methyl/N-ethyl adjacent to an activating group) is 1. The average Bonchev–Trinajstić information content (AvgIpc) is 2.21. The lowest BCUT2D eigenvalue weighted by atomic mass is 10.3. The van der Waals surface area contributed by atoms with Gasteiger partial charge in [-0.05, 0) is 6.92 Å². The van der Waals surface area contributed by atoms with E-state index in [0.29, 0.717) is 12.2 Å². The van der Waals surface area contributed by atoms with Gasteiger partial charge in [-0.15, -0.1) is 0 Å². The largest absolute Gasteiger partial charge is 0.394 e. The van der Waals surface area contributed by atoms with Gasteiger partial charge in [-0.2, -0.15) is 11.8 Å². The van der Waals surface area contributed by atoms with Gasteiger partial charge in [0.25, 0.3) is 0 Å². The molecule has 1 unspecified atom stereocenters. The summed E-state index contributed by atoms with van der Waals surface area (Å²) >= 11 is 1.34. The number of carbonyl (C=O) groups excluding carboxylic acids is 2. The van der Waals surface area contributed by atoms with E-state index in [2.05, 4.69) is 0 Å². The summed E-state index contributed by atoms with van der Waals surface area (Å²) in [5.74, 6) is 0.412. The van der Waals surface area contributed by atoms with E-state index in [4.69, 9.17) is 10.8 Å². The third-order valence-corrected chi connectivity index (χ3v) is 3.00. The molecule has 0 aliphatic rings. The molecule has 0 aromatic heterocycles. The second-order valence-corrected chi connectivity index (χ2v) is 4.41. The van der Waals surface area contributed by atoms with Crippen LogP contribution in [0.2, 0.25) is 0 Å². The van der Waals surface area contributed by atoms with Crippen molar-refractivity contribution in [3.63, 3.8) is 0 Å². The fourth-order valence-corrected chi connectivity index (χ4v) is 1.54. The molecule has 0 saturated carbocycles. The van der Waals surface area contributed by atoms with Crippen LogP contribution in [0.1, 0.15) is 13.3 Å². The first-order valence-corrected chi connectivity index (χ1v) is 5.87. The van der Waals surface area contributed by atoms with Crippen LogP contribution in [0.15, 0.2) is 0 Å². The second kappa shape index (κ2) is 7.53. The van der Waals surface area contributed by atoms with Crippen molar-refractivity contribution in [1.82, 2.24) is 4.90 Å². The molecule has 0 aliphatic carbocycles. The van der Waals surface area contributed by atoms with E-state index >= 15 is 0 Å². The molecule has 0 spiro atoms. The number of primary amides is 1. The van der Waals surface area contributed by atoms with Gasteiger partial charge in [0, 0.05) is 19.2 Å². The van der Waals surface area contributed by atoms with Crippen LogP contribution in [0.5, 0.6) is 0 Å². The van der Waals surface area contributed by atoms with Crippen LogP contribution in [-0.4, -0.2) is 53.0 Å². The monoisotopic (exact) mass is 234 g/mol. The highest BCUT2D eigenvalue weighted by Crippen LogP contribution is 2.05. The molecule has 3 N–H and O–H groups in total. The Balaban J connectivity index is 3.69. The number of hydrogen-bond acceptors (Lipinski definition) is 4. The van der Waals surface area contributed by atoms with E-state index in [9.17, 15) is 9.59 Å². The summed E-state index contributed by atoms with van der Waals surface area (Å²) in [4.78, 5) is 23.4. The molecule has 0 heterocycles. The number of nitrogens with two attached hydrogens (primary N) is 1. The summed E-state index contributed by atoms with van der Waals surface area (Å²) in [6, 6.07) is -0.168. The van der Waals surface area contributed by atoms with Crippen LogP contribution in [0.3, 0.4) is 0 Å². The van der Waals surface area contributed by atoms with Gasteiger partial charge in [0.2, 0.25) is 11.8 Å². The van der Waals surface area contributed by atoms with Crippen molar-refractivity contribution in [2.45, 2.75) is 19.4 Å². The van der Waals surface area contributed by atoms with Crippen molar-refractivity contribution in [3.05, 3.63) is 0 Å². The highest BCUT2D eigenvalue weighted by molar-refractivity contribution is 7.99. The number of amides is 2. The summed E-state index contributed by atoms with van der Waals surface area (Å²) in [6.07, 6.45) is 0.360. The van der Waals surface area contributed by atoms with E-state index in [1.165, 1.54) is 16.7 Å². The number of aliphatic hydroxyl groups excluding tert-OH is 1. The first-order chi connectivity index (χ1) is 6.99. The Hall–Kier alpha value is -0.750. The topological polar surface area (TPSA) is 83.6 Å². The Morgan fingerprint density at radius 3 is 2.60 bits per heavy atom. The SMILES string of the molecule is CC(CO)N(C)C(=O)CCSCC(N)=O.